The number of benzene rings is 3. The highest BCUT2D eigenvalue weighted by molar-refractivity contribution is 7.92. The molecule has 0 unspecified atom stereocenters. The van der Waals surface area contributed by atoms with Crippen LogP contribution in [0.15, 0.2) is 82.8 Å². The van der Waals surface area contributed by atoms with E-state index in [1.54, 1.807) is 67.6 Å². The number of methoxy groups -OCH3 is 3. The van der Waals surface area contributed by atoms with Crippen LogP contribution in [0.4, 0.5) is 5.69 Å². The normalized spacial score (nSPS) is 11.5. The number of para-hydroxylation sites is 2. The van der Waals surface area contributed by atoms with Crippen LogP contribution in [0.5, 0.6) is 17.2 Å². The molecule has 9 nitrogen and oxygen atoms in total. The Bertz CT molecular complexity index is 1310. The summed E-state index contributed by atoms with van der Waals surface area (Å²) in [6.07, 6.45) is 0. The van der Waals surface area contributed by atoms with Crippen LogP contribution in [-0.4, -0.2) is 47.9 Å². The zero-order valence-corrected chi connectivity index (χ0v) is 20.7. The number of nitrogens with zero attached hydrogens (tertiary/aromatic N) is 2. The SMILES string of the molecule is COc1ccc(/C(C)=N\NC(=O)CN(c2ccccc2OC)S(=O)(=O)c2ccccc2)cc1OC. The highest BCUT2D eigenvalue weighted by Crippen LogP contribution is 2.32. The number of amides is 1. The van der Waals surface area contributed by atoms with Crippen LogP contribution in [0.3, 0.4) is 0 Å². The van der Waals surface area contributed by atoms with Crippen LogP contribution in [0.25, 0.3) is 0 Å². The highest BCUT2D eigenvalue weighted by Gasteiger charge is 2.29. The largest absolute Gasteiger partial charge is 0.495 e. The lowest BCUT2D eigenvalue weighted by molar-refractivity contribution is -0.119. The molecule has 0 heterocycles. The summed E-state index contributed by atoms with van der Waals surface area (Å²) >= 11 is 0. The smallest absolute Gasteiger partial charge is 0.264 e. The van der Waals surface area contributed by atoms with Gasteiger partial charge in [0.05, 0.1) is 37.6 Å². The molecule has 0 aliphatic rings. The van der Waals surface area contributed by atoms with Gasteiger partial charge in [0, 0.05) is 5.56 Å². The fourth-order valence-corrected chi connectivity index (χ4v) is 4.75. The van der Waals surface area contributed by atoms with Gasteiger partial charge in [-0.05, 0) is 49.4 Å². The molecule has 0 aliphatic heterocycles. The Morgan fingerprint density at radius 2 is 1.49 bits per heavy atom. The van der Waals surface area contributed by atoms with Crippen LogP contribution in [0, 0.1) is 0 Å². The molecule has 3 aromatic carbocycles. The van der Waals surface area contributed by atoms with Crippen LogP contribution in [0.1, 0.15) is 12.5 Å². The maximum atomic E-state index is 13.5. The maximum absolute atomic E-state index is 13.5. The highest BCUT2D eigenvalue weighted by atomic mass is 32.2. The van der Waals surface area contributed by atoms with Crippen molar-refractivity contribution in [3.05, 3.63) is 78.4 Å². The number of hydrogen-bond donors (Lipinski definition) is 1. The second-order valence-electron chi connectivity index (χ2n) is 7.30. The monoisotopic (exact) mass is 497 g/mol. The van der Waals surface area contributed by atoms with Gasteiger partial charge in [0.1, 0.15) is 12.3 Å². The van der Waals surface area contributed by atoms with E-state index >= 15 is 0 Å². The Morgan fingerprint density at radius 1 is 0.857 bits per heavy atom. The summed E-state index contributed by atoms with van der Waals surface area (Å²) in [6.45, 7) is 1.19. The molecular weight excluding hydrogens is 470 g/mol. The number of rotatable bonds is 10. The van der Waals surface area contributed by atoms with Gasteiger partial charge >= 0.3 is 0 Å². The summed E-state index contributed by atoms with van der Waals surface area (Å²) in [5, 5.41) is 4.14. The van der Waals surface area contributed by atoms with E-state index in [0.29, 0.717) is 28.5 Å². The van der Waals surface area contributed by atoms with Crippen molar-refractivity contribution in [2.75, 3.05) is 32.2 Å². The summed E-state index contributed by atoms with van der Waals surface area (Å²) in [6, 6.07) is 19.7. The molecule has 0 atom stereocenters. The van der Waals surface area contributed by atoms with Crippen molar-refractivity contribution in [1.29, 1.82) is 0 Å². The van der Waals surface area contributed by atoms with E-state index in [0.717, 1.165) is 4.31 Å². The third kappa shape index (κ3) is 5.90. The Labute approximate surface area is 205 Å². The predicted octanol–water partition coefficient (Wildman–Crippen LogP) is 3.45. The summed E-state index contributed by atoms with van der Waals surface area (Å²) in [5.74, 6) is 0.758. The number of ether oxygens (including phenoxy) is 3. The van der Waals surface area contributed by atoms with Gasteiger partial charge in [-0.15, -0.1) is 0 Å². The van der Waals surface area contributed by atoms with Crippen molar-refractivity contribution in [2.45, 2.75) is 11.8 Å². The second kappa shape index (κ2) is 11.4. The van der Waals surface area contributed by atoms with Crippen LogP contribution in [0.2, 0.25) is 0 Å². The van der Waals surface area contributed by atoms with E-state index in [-0.39, 0.29) is 10.6 Å². The summed E-state index contributed by atoms with van der Waals surface area (Å²) in [7, 11) is 0.419. The molecule has 3 rings (SSSR count). The molecule has 0 bridgehead atoms. The first-order chi connectivity index (χ1) is 16.8. The van der Waals surface area contributed by atoms with Gasteiger partial charge in [-0.3, -0.25) is 9.10 Å². The van der Waals surface area contributed by atoms with E-state index < -0.39 is 22.5 Å². The minimum absolute atomic E-state index is 0.0451. The molecule has 1 N–H and O–H groups in total. The molecule has 0 radical (unpaired) electrons. The maximum Gasteiger partial charge on any atom is 0.264 e. The van der Waals surface area contributed by atoms with E-state index in [1.165, 1.54) is 33.5 Å². The number of hydrazone groups is 1. The average molecular weight is 498 g/mol. The van der Waals surface area contributed by atoms with Crippen LogP contribution < -0.4 is 23.9 Å². The predicted molar refractivity (Wildman–Crippen MR) is 134 cm³/mol. The Kier molecular flexibility index (Phi) is 8.32. The molecule has 35 heavy (non-hydrogen) atoms. The molecule has 0 spiro atoms. The number of nitrogens with one attached hydrogen (secondary N) is 1. The van der Waals surface area contributed by atoms with E-state index in [1.807, 2.05) is 0 Å². The molecule has 0 fully saturated rings. The van der Waals surface area contributed by atoms with Gasteiger partial charge in [0.2, 0.25) is 0 Å². The van der Waals surface area contributed by atoms with E-state index in [2.05, 4.69) is 10.5 Å². The van der Waals surface area contributed by atoms with Crippen molar-refractivity contribution in [2.24, 2.45) is 5.10 Å². The lowest BCUT2D eigenvalue weighted by Gasteiger charge is -2.25. The topological polar surface area (TPSA) is 107 Å². The zero-order valence-electron chi connectivity index (χ0n) is 19.9. The average Bonchev–Trinajstić information content (AvgIpc) is 2.90. The van der Waals surface area contributed by atoms with Crippen molar-refractivity contribution in [3.8, 4) is 17.2 Å². The molecule has 0 saturated carbocycles. The quantitative estimate of drug-likeness (QED) is 0.340. The van der Waals surface area contributed by atoms with Crippen LogP contribution >= 0.6 is 0 Å². The molecule has 0 aromatic heterocycles. The number of sulfonamides is 1. The molecule has 0 aliphatic carbocycles. The standard InChI is InChI=1S/C25H27N3O6S/c1-18(19-14-15-23(33-3)24(16-19)34-4)26-27-25(29)17-28(21-12-8-9-13-22(21)32-2)35(30,31)20-10-6-5-7-11-20/h5-16H,17H2,1-4H3,(H,27,29)/b26-18-. The summed E-state index contributed by atoms with van der Waals surface area (Å²) in [4.78, 5) is 12.9. The van der Waals surface area contributed by atoms with Crippen molar-refractivity contribution in [3.63, 3.8) is 0 Å². The Balaban J connectivity index is 1.89. The van der Waals surface area contributed by atoms with Gasteiger partial charge in [-0.25, -0.2) is 13.8 Å². The first-order valence-corrected chi connectivity index (χ1v) is 12.0. The van der Waals surface area contributed by atoms with Gasteiger partial charge in [0.25, 0.3) is 15.9 Å². The van der Waals surface area contributed by atoms with Crippen LogP contribution in [-0.2, 0) is 14.8 Å². The minimum atomic E-state index is -4.08. The second-order valence-corrected chi connectivity index (χ2v) is 9.16. The molecule has 10 heteroatoms. The number of carbonyl (C=O) groups excluding carboxylic acids is 1. The van der Waals surface area contributed by atoms with Crippen molar-refractivity contribution in [1.82, 2.24) is 5.43 Å². The van der Waals surface area contributed by atoms with Crippen molar-refractivity contribution >= 4 is 27.3 Å². The third-order valence-corrected chi connectivity index (χ3v) is 6.90. The molecule has 3 aromatic rings. The Morgan fingerprint density at radius 3 is 2.14 bits per heavy atom. The van der Waals surface area contributed by atoms with E-state index in [4.69, 9.17) is 14.2 Å². The third-order valence-electron chi connectivity index (χ3n) is 5.12. The fraction of sp³-hybridized carbons (Fsp3) is 0.200. The Hall–Kier alpha value is -4.05. The first kappa shape index (κ1) is 25.6. The van der Waals surface area contributed by atoms with Crippen molar-refractivity contribution < 1.29 is 27.4 Å². The lowest BCUT2D eigenvalue weighted by Crippen LogP contribution is -2.40. The zero-order chi connectivity index (χ0) is 25.4. The number of anilines is 1. The first-order valence-electron chi connectivity index (χ1n) is 10.6. The summed E-state index contributed by atoms with van der Waals surface area (Å²) < 4.78 is 43.8. The number of hydrogen-bond acceptors (Lipinski definition) is 7. The molecule has 0 saturated heterocycles. The van der Waals surface area contributed by atoms with Gasteiger partial charge in [0.15, 0.2) is 11.5 Å². The van der Waals surface area contributed by atoms with E-state index in [9.17, 15) is 13.2 Å². The summed E-state index contributed by atoms with van der Waals surface area (Å²) in [5.41, 5.74) is 3.86. The van der Waals surface area contributed by atoms with Gasteiger partial charge < -0.3 is 14.2 Å². The number of carbonyl (C=O) groups is 1. The van der Waals surface area contributed by atoms with Gasteiger partial charge in [-0.2, -0.15) is 5.10 Å². The molecule has 184 valence electrons. The van der Waals surface area contributed by atoms with Gasteiger partial charge in [-0.1, -0.05) is 30.3 Å². The molecule has 1 amide bonds. The minimum Gasteiger partial charge on any atom is -0.495 e. The fourth-order valence-electron chi connectivity index (χ4n) is 3.29. The lowest BCUT2D eigenvalue weighted by atomic mass is 10.1. The molecular formula is C25H27N3O6S.